The second kappa shape index (κ2) is 17.2. The highest BCUT2D eigenvalue weighted by atomic mass is 14.5. The normalized spacial score (nSPS) is 11.8. The molecule has 0 aliphatic rings. The van der Waals surface area contributed by atoms with Crippen molar-refractivity contribution in [2.75, 3.05) is 26.2 Å². The van der Waals surface area contributed by atoms with Crippen LogP contribution in [0.15, 0.2) is 0 Å². The van der Waals surface area contributed by atoms with Gasteiger partial charge in [-0.1, -0.05) is 19.8 Å². The summed E-state index contributed by atoms with van der Waals surface area (Å²) in [6.45, 7) is 5.38. The second-order valence-corrected chi connectivity index (χ2v) is 4.26. The molecular formula is C12H32N4. The summed E-state index contributed by atoms with van der Waals surface area (Å²) in [5.74, 6) is 0.651. The van der Waals surface area contributed by atoms with Crippen molar-refractivity contribution in [3.63, 3.8) is 0 Å². The Morgan fingerprint density at radius 2 is 1.12 bits per heavy atom. The average Bonchev–Trinajstić information content (AvgIpc) is 2.32. The number of rotatable bonds is 9. The molecule has 0 aromatic heterocycles. The van der Waals surface area contributed by atoms with Crippen LogP contribution in [-0.2, 0) is 0 Å². The highest BCUT2D eigenvalue weighted by Gasteiger charge is 1.95. The van der Waals surface area contributed by atoms with Crippen LogP contribution in [0.4, 0.5) is 0 Å². The third-order valence-corrected chi connectivity index (χ3v) is 2.46. The van der Waals surface area contributed by atoms with Gasteiger partial charge in [-0.15, -0.1) is 0 Å². The lowest BCUT2D eigenvalue weighted by Gasteiger charge is -2.04. The van der Waals surface area contributed by atoms with E-state index in [0.29, 0.717) is 5.92 Å². The van der Waals surface area contributed by atoms with E-state index in [1.165, 1.54) is 19.3 Å². The van der Waals surface area contributed by atoms with Crippen LogP contribution in [0.5, 0.6) is 0 Å². The molecule has 0 amide bonds. The van der Waals surface area contributed by atoms with Gasteiger partial charge in [-0.05, 0) is 57.8 Å². The monoisotopic (exact) mass is 232 g/mol. The van der Waals surface area contributed by atoms with Crippen molar-refractivity contribution in [2.45, 2.75) is 45.4 Å². The second-order valence-electron chi connectivity index (χ2n) is 4.26. The van der Waals surface area contributed by atoms with E-state index in [4.69, 9.17) is 22.9 Å². The fourth-order valence-corrected chi connectivity index (χ4v) is 1.23. The number of hydrogen-bond acceptors (Lipinski definition) is 4. The van der Waals surface area contributed by atoms with Crippen LogP contribution >= 0.6 is 0 Å². The van der Waals surface area contributed by atoms with Gasteiger partial charge in [0.2, 0.25) is 0 Å². The third kappa shape index (κ3) is 19.4. The Hall–Kier alpha value is -0.160. The van der Waals surface area contributed by atoms with Crippen molar-refractivity contribution in [2.24, 2.45) is 28.9 Å². The zero-order chi connectivity index (χ0) is 12.6. The lowest BCUT2D eigenvalue weighted by atomic mass is 10.1. The standard InChI is InChI=1S/2C6H16N2/c1-6(5-8)3-2-4-7;7-5-3-1-2-4-6-8/h6H,2-5,7-8H2,1H3;1-8H2. The Labute approximate surface area is 101 Å². The first kappa shape index (κ1) is 18.2. The molecule has 0 saturated heterocycles. The van der Waals surface area contributed by atoms with E-state index in [9.17, 15) is 0 Å². The molecule has 4 heteroatoms. The van der Waals surface area contributed by atoms with Gasteiger partial charge in [0.25, 0.3) is 0 Å². The van der Waals surface area contributed by atoms with Gasteiger partial charge >= 0.3 is 0 Å². The summed E-state index contributed by atoms with van der Waals surface area (Å²) < 4.78 is 0. The van der Waals surface area contributed by atoms with Gasteiger partial charge in [0.05, 0.1) is 0 Å². The van der Waals surface area contributed by atoms with Gasteiger partial charge in [-0.25, -0.2) is 0 Å². The molecule has 0 aromatic carbocycles. The summed E-state index contributed by atoms with van der Waals surface area (Å²) in [6, 6.07) is 0. The largest absolute Gasteiger partial charge is 0.330 e. The predicted octanol–water partition coefficient (Wildman–Crippen LogP) is 0.784. The van der Waals surface area contributed by atoms with Crippen LogP contribution in [-0.4, -0.2) is 26.2 Å². The van der Waals surface area contributed by atoms with Gasteiger partial charge in [0, 0.05) is 0 Å². The fourth-order valence-electron chi connectivity index (χ4n) is 1.23. The van der Waals surface area contributed by atoms with Crippen LogP contribution in [0, 0.1) is 5.92 Å². The van der Waals surface area contributed by atoms with Crippen LogP contribution in [0.3, 0.4) is 0 Å². The maximum absolute atomic E-state index is 5.37. The Bertz CT molecular complexity index is 103. The molecule has 1 unspecified atom stereocenters. The molecule has 100 valence electrons. The third-order valence-electron chi connectivity index (χ3n) is 2.46. The zero-order valence-corrected chi connectivity index (χ0v) is 11.0. The smallest absolute Gasteiger partial charge is 0.00515 e. The first-order chi connectivity index (χ1) is 7.72. The summed E-state index contributed by atoms with van der Waals surface area (Å²) >= 11 is 0. The molecule has 1 atom stereocenters. The van der Waals surface area contributed by atoms with Crippen LogP contribution < -0.4 is 22.9 Å². The van der Waals surface area contributed by atoms with Gasteiger partial charge in [0.15, 0.2) is 0 Å². The maximum Gasteiger partial charge on any atom is -0.00515 e. The summed E-state index contributed by atoms with van der Waals surface area (Å²) in [5.41, 5.74) is 21.2. The van der Waals surface area contributed by atoms with E-state index in [0.717, 1.165) is 45.4 Å². The van der Waals surface area contributed by atoms with E-state index >= 15 is 0 Å². The molecule has 0 bridgehead atoms. The lowest BCUT2D eigenvalue weighted by Crippen LogP contribution is -2.12. The van der Waals surface area contributed by atoms with Gasteiger partial charge in [-0.2, -0.15) is 0 Å². The molecule has 0 aromatic rings. The molecule has 0 spiro atoms. The number of nitrogens with two attached hydrogens (primary N) is 4. The molecule has 8 N–H and O–H groups in total. The Kier molecular flexibility index (Phi) is 19.6. The first-order valence-electron chi connectivity index (χ1n) is 6.53. The Balaban J connectivity index is 0. The quantitative estimate of drug-likeness (QED) is 0.441. The summed E-state index contributed by atoms with van der Waals surface area (Å²) in [4.78, 5) is 0. The molecule has 0 radical (unpaired) electrons. The lowest BCUT2D eigenvalue weighted by molar-refractivity contribution is 0.525. The summed E-state index contributed by atoms with van der Waals surface area (Å²) in [6.07, 6.45) is 7.08. The number of hydrogen-bond donors (Lipinski definition) is 4. The van der Waals surface area contributed by atoms with Crippen molar-refractivity contribution in [3.8, 4) is 0 Å². The highest BCUT2D eigenvalue weighted by molar-refractivity contribution is 4.52. The fraction of sp³-hybridized carbons (Fsp3) is 1.00. The molecule has 16 heavy (non-hydrogen) atoms. The van der Waals surface area contributed by atoms with Crippen LogP contribution in [0.1, 0.15) is 45.4 Å². The predicted molar refractivity (Wildman–Crippen MR) is 73.1 cm³/mol. The van der Waals surface area contributed by atoms with E-state index < -0.39 is 0 Å². The van der Waals surface area contributed by atoms with Crippen molar-refractivity contribution >= 4 is 0 Å². The molecule has 0 aliphatic carbocycles. The molecule has 0 fully saturated rings. The number of unbranched alkanes of at least 4 members (excludes halogenated alkanes) is 3. The molecule has 0 heterocycles. The van der Waals surface area contributed by atoms with E-state index in [-0.39, 0.29) is 0 Å². The summed E-state index contributed by atoms with van der Waals surface area (Å²) in [5, 5.41) is 0. The average molecular weight is 232 g/mol. The summed E-state index contributed by atoms with van der Waals surface area (Å²) in [7, 11) is 0. The van der Waals surface area contributed by atoms with Crippen molar-refractivity contribution < 1.29 is 0 Å². The SMILES string of the molecule is CC(CN)CCCN.NCCCCCCN. The zero-order valence-electron chi connectivity index (χ0n) is 11.0. The van der Waals surface area contributed by atoms with Crippen molar-refractivity contribution in [3.05, 3.63) is 0 Å². The minimum atomic E-state index is 0.651. The van der Waals surface area contributed by atoms with E-state index in [1.54, 1.807) is 0 Å². The van der Waals surface area contributed by atoms with Gasteiger partial charge < -0.3 is 22.9 Å². The minimum absolute atomic E-state index is 0.651. The van der Waals surface area contributed by atoms with Crippen LogP contribution in [0.2, 0.25) is 0 Å². The molecule has 0 saturated carbocycles. The van der Waals surface area contributed by atoms with Crippen molar-refractivity contribution in [1.82, 2.24) is 0 Å². The molecular weight excluding hydrogens is 200 g/mol. The topological polar surface area (TPSA) is 104 Å². The molecule has 4 nitrogen and oxygen atoms in total. The Morgan fingerprint density at radius 3 is 1.44 bits per heavy atom. The van der Waals surface area contributed by atoms with E-state index in [2.05, 4.69) is 6.92 Å². The van der Waals surface area contributed by atoms with Crippen molar-refractivity contribution in [1.29, 1.82) is 0 Å². The van der Waals surface area contributed by atoms with Gasteiger partial charge in [0.1, 0.15) is 0 Å². The van der Waals surface area contributed by atoms with E-state index in [1.807, 2.05) is 0 Å². The Morgan fingerprint density at radius 1 is 0.688 bits per heavy atom. The first-order valence-corrected chi connectivity index (χ1v) is 6.53. The molecule has 0 aliphatic heterocycles. The van der Waals surface area contributed by atoms with Crippen LogP contribution in [0.25, 0.3) is 0 Å². The van der Waals surface area contributed by atoms with Gasteiger partial charge in [-0.3, -0.25) is 0 Å². The maximum atomic E-state index is 5.37. The molecule has 0 rings (SSSR count). The highest BCUT2D eigenvalue weighted by Crippen LogP contribution is 2.00. The minimum Gasteiger partial charge on any atom is -0.330 e.